The molecule has 0 bridgehead atoms. The number of carbonyl (C=O) groups excluding carboxylic acids is 1. The van der Waals surface area contributed by atoms with Gasteiger partial charge in [0.1, 0.15) is 13.1 Å². The number of urea groups is 1. The van der Waals surface area contributed by atoms with Gasteiger partial charge in [0.05, 0.1) is 20.3 Å². The van der Waals surface area contributed by atoms with Crippen LogP contribution in [0.5, 0.6) is 0 Å². The maximum atomic E-state index is 10.7. The minimum Gasteiger partial charge on any atom is -0.370 e. The van der Waals surface area contributed by atoms with E-state index < -0.39 is 6.03 Å². The van der Waals surface area contributed by atoms with Gasteiger partial charge in [-0.1, -0.05) is 10.2 Å². The number of nitrogens with zero attached hydrogens (tertiary/aromatic N) is 4. The fraction of sp³-hybridized carbons (Fsp3) is 0.714. The Morgan fingerprint density at radius 2 is 2.00 bits per heavy atom. The molecule has 0 N–H and O–H groups in total. The molecule has 2 rings (SSSR count). The fourth-order valence-corrected chi connectivity index (χ4v) is 1.39. The van der Waals surface area contributed by atoms with E-state index in [1.54, 1.807) is 0 Å². The van der Waals surface area contributed by atoms with E-state index in [1.807, 2.05) is 7.05 Å². The van der Waals surface area contributed by atoms with E-state index in [9.17, 15) is 4.79 Å². The molecule has 0 atom stereocenters. The summed E-state index contributed by atoms with van der Waals surface area (Å²) in [6.07, 6.45) is 0. The van der Waals surface area contributed by atoms with Crippen molar-refractivity contribution < 1.29 is 14.0 Å². The molecular weight excluding hydrogens is 172 g/mol. The van der Waals surface area contributed by atoms with Crippen molar-refractivity contribution in [2.45, 2.75) is 0 Å². The highest BCUT2D eigenvalue weighted by atomic mass is 16.5. The maximum absolute atomic E-state index is 10.7. The zero-order valence-electron chi connectivity index (χ0n) is 7.43. The number of quaternary nitrogens is 1. The van der Waals surface area contributed by atoms with Gasteiger partial charge in [-0.25, -0.2) is 4.79 Å². The molecule has 1 saturated heterocycles. The largest absolute Gasteiger partial charge is 0.392 e. The summed E-state index contributed by atoms with van der Waals surface area (Å²) in [4.78, 5) is 14.5. The Labute approximate surface area is 75.5 Å². The van der Waals surface area contributed by atoms with E-state index in [2.05, 4.69) is 15.2 Å². The lowest BCUT2D eigenvalue weighted by atomic mass is 10.4. The highest BCUT2D eigenvalue weighted by Gasteiger charge is 2.35. The summed E-state index contributed by atoms with van der Waals surface area (Å²) in [7, 11) is 1.99. The topological polar surface area (TPSA) is 63.4 Å². The zero-order chi connectivity index (χ0) is 9.31. The van der Waals surface area contributed by atoms with Crippen LogP contribution in [0.4, 0.5) is 4.79 Å². The van der Waals surface area contributed by atoms with Gasteiger partial charge < -0.3 is 4.74 Å². The van der Waals surface area contributed by atoms with Crippen LogP contribution in [-0.2, 0) is 4.74 Å². The molecule has 0 unspecified atom stereocenters. The lowest BCUT2D eigenvalue weighted by molar-refractivity contribution is -0.831. The third-order valence-corrected chi connectivity index (χ3v) is 2.36. The smallest absolute Gasteiger partial charge is 0.370 e. The number of azo groups is 1. The molecule has 0 aromatic carbocycles. The normalized spacial score (nSPS) is 26.2. The van der Waals surface area contributed by atoms with E-state index in [4.69, 9.17) is 4.74 Å². The minimum absolute atomic E-state index is 0.499. The summed E-state index contributed by atoms with van der Waals surface area (Å²) in [5.41, 5.74) is 0. The summed E-state index contributed by atoms with van der Waals surface area (Å²) < 4.78 is 5.77. The Hall–Kier alpha value is -1.14. The molecule has 0 aromatic rings. The van der Waals surface area contributed by atoms with Crippen molar-refractivity contribution in [1.29, 1.82) is 0 Å². The van der Waals surface area contributed by atoms with Crippen molar-refractivity contribution in [2.24, 2.45) is 15.2 Å². The summed E-state index contributed by atoms with van der Waals surface area (Å²) in [6, 6.07) is -0.499. The van der Waals surface area contributed by atoms with E-state index in [-0.39, 0.29) is 0 Å². The molecule has 0 spiro atoms. The maximum Gasteiger partial charge on any atom is 0.392 e. The number of likely N-dealkylation sites (N-methyl/N-ethyl adjacent to an activating group) is 1. The highest BCUT2D eigenvalue weighted by Crippen LogP contribution is 2.14. The minimum atomic E-state index is -0.499. The van der Waals surface area contributed by atoms with Gasteiger partial charge in [-0.05, 0) is 0 Å². The van der Waals surface area contributed by atoms with Gasteiger partial charge in [0, 0.05) is 0 Å². The third kappa shape index (κ3) is 1.50. The van der Waals surface area contributed by atoms with Gasteiger partial charge in [-0.15, -0.1) is 4.99 Å². The van der Waals surface area contributed by atoms with Crippen molar-refractivity contribution in [3.8, 4) is 0 Å². The van der Waals surface area contributed by atoms with Gasteiger partial charge in [0.25, 0.3) is 0 Å². The first kappa shape index (κ1) is 8.46. The number of morpholine rings is 1. The molecule has 1 fully saturated rings. The van der Waals surface area contributed by atoms with Crippen LogP contribution in [0, 0.1) is 0 Å². The van der Waals surface area contributed by atoms with Crippen LogP contribution in [0.15, 0.2) is 15.2 Å². The molecule has 70 valence electrons. The van der Waals surface area contributed by atoms with Gasteiger partial charge in [-0.2, -0.15) is 0 Å². The van der Waals surface area contributed by atoms with Gasteiger partial charge >= 0.3 is 12.0 Å². The predicted octanol–water partition coefficient (Wildman–Crippen LogP) is 0.405. The number of ether oxygens (including phenoxy) is 1. The monoisotopic (exact) mass is 183 g/mol. The van der Waals surface area contributed by atoms with Crippen molar-refractivity contribution in [2.75, 3.05) is 33.4 Å². The third-order valence-electron chi connectivity index (χ3n) is 2.36. The zero-order valence-corrected chi connectivity index (χ0v) is 7.43. The molecule has 0 saturated carbocycles. The highest BCUT2D eigenvalue weighted by molar-refractivity contribution is 5.94. The Bertz CT molecular complexity index is 291. The van der Waals surface area contributed by atoms with E-state index in [0.717, 1.165) is 13.1 Å². The molecule has 13 heavy (non-hydrogen) atoms. The summed E-state index contributed by atoms with van der Waals surface area (Å²) in [5.74, 6) is 0.508. The Kier molecular flexibility index (Phi) is 1.93. The first-order valence-corrected chi connectivity index (χ1v) is 4.18. The molecule has 6 nitrogen and oxygen atoms in total. The number of hydrogen-bond acceptors (Lipinski definition) is 3. The lowest BCUT2D eigenvalue weighted by Gasteiger charge is -2.33. The summed E-state index contributed by atoms with van der Waals surface area (Å²) in [6.45, 7) is 2.95. The van der Waals surface area contributed by atoms with E-state index >= 15 is 0 Å². The van der Waals surface area contributed by atoms with Gasteiger partial charge in [0.15, 0.2) is 0 Å². The van der Waals surface area contributed by atoms with Crippen LogP contribution in [0.3, 0.4) is 0 Å². The molecule has 6 heteroatoms. The molecule has 2 aliphatic heterocycles. The number of hydrogen-bond donors (Lipinski definition) is 0. The molecule has 2 amide bonds. The number of amides is 2. The Morgan fingerprint density at radius 1 is 1.31 bits per heavy atom. The molecule has 0 aromatic heterocycles. The van der Waals surface area contributed by atoms with Gasteiger partial charge in [-0.3, -0.25) is 4.48 Å². The molecule has 0 radical (unpaired) electrons. The van der Waals surface area contributed by atoms with Crippen molar-refractivity contribution >= 4 is 12.0 Å². The lowest BCUT2D eigenvalue weighted by Crippen LogP contribution is -2.54. The second kappa shape index (κ2) is 2.97. The van der Waals surface area contributed by atoms with E-state index in [0.29, 0.717) is 23.7 Å². The first-order chi connectivity index (χ1) is 6.21. The predicted molar refractivity (Wildman–Crippen MR) is 44.4 cm³/mol. The Morgan fingerprint density at radius 3 is 2.54 bits per heavy atom. The Balaban J connectivity index is 2.18. The summed E-state index contributed by atoms with van der Waals surface area (Å²) >= 11 is 0. The van der Waals surface area contributed by atoms with Crippen molar-refractivity contribution in [3.63, 3.8) is 0 Å². The number of rotatable bonds is 0. The van der Waals surface area contributed by atoms with E-state index in [1.165, 1.54) is 0 Å². The number of aliphatic imine (C=N–C) groups is 1. The number of carbonyl (C=O) groups is 1. The van der Waals surface area contributed by atoms with Crippen molar-refractivity contribution in [3.05, 3.63) is 0 Å². The van der Waals surface area contributed by atoms with Crippen LogP contribution in [-0.4, -0.2) is 49.8 Å². The van der Waals surface area contributed by atoms with Crippen LogP contribution in [0.2, 0.25) is 0 Å². The number of guanidine groups is 1. The average Bonchev–Trinajstić information content (AvgIpc) is 2.54. The second-order valence-electron chi connectivity index (χ2n) is 3.35. The second-order valence-corrected chi connectivity index (χ2v) is 3.35. The van der Waals surface area contributed by atoms with Gasteiger partial charge in [0.2, 0.25) is 0 Å². The average molecular weight is 183 g/mol. The fourth-order valence-electron chi connectivity index (χ4n) is 1.39. The molecular formula is C7H11N4O2+. The van der Waals surface area contributed by atoms with Crippen LogP contribution in [0.1, 0.15) is 0 Å². The van der Waals surface area contributed by atoms with Crippen molar-refractivity contribution in [1.82, 2.24) is 0 Å². The van der Waals surface area contributed by atoms with Crippen LogP contribution >= 0.6 is 0 Å². The quantitative estimate of drug-likeness (QED) is 0.510. The molecule has 2 heterocycles. The van der Waals surface area contributed by atoms with Crippen LogP contribution in [0.25, 0.3) is 0 Å². The molecule has 2 aliphatic rings. The SMILES string of the molecule is C[N+]1(C2=NC(=O)N=N2)CCOCC1. The summed E-state index contributed by atoms with van der Waals surface area (Å²) in [5, 5.41) is 7.12. The molecule has 0 aliphatic carbocycles. The van der Waals surface area contributed by atoms with Crippen LogP contribution < -0.4 is 0 Å². The standard InChI is InChI=1S/C7H11N4O2/c1-11(2-4-13-5-3-11)6-8-7(12)10-9-6/h2-5H2,1H3/q+1. The first-order valence-electron chi connectivity index (χ1n) is 4.18.